The van der Waals surface area contributed by atoms with Crippen LogP contribution >= 0.6 is 0 Å². The molecule has 4 saturated heterocycles. The minimum Gasteiger partial charge on any atom is -0.447 e. The molecule has 0 aliphatic carbocycles. The number of halogens is 2. The second kappa shape index (κ2) is 14.4. The Bertz CT molecular complexity index is 2010. The Balaban J connectivity index is 0.000000166. The fourth-order valence-electron chi connectivity index (χ4n) is 8.95. The number of benzene rings is 2. The second-order valence-corrected chi connectivity index (χ2v) is 15.9. The summed E-state index contributed by atoms with van der Waals surface area (Å²) in [7, 11) is 0. The van der Waals surface area contributed by atoms with Gasteiger partial charge >= 0.3 is 17.5 Å². The Hall–Kier alpha value is -4.01. The van der Waals surface area contributed by atoms with Crippen LogP contribution in [0.2, 0.25) is 0 Å². The van der Waals surface area contributed by atoms with E-state index >= 15 is 0 Å². The first-order valence-electron chi connectivity index (χ1n) is 18.8. The summed E-state index contributed by atoms with van der Waals surface area (Å²) in [5.41, 5.74) is 2.54. The summed E-state index contributed by atoms with van der Waals surface area (Å²) >= 11 is 0. The summed E-state index contributed by atoms with van der Waals surface area (Å²) in [4.78, 5) is 49.4. The van der Waals surface area contributed by atoms with Crippen molar-refractivity contribution in [2.75, 3.05) is 52.4 Å². The molecule has 12 nitrogen and oxygen atoms in total. The van der Waals surface area contributed by atoms with Crippen LogP contribution in [0.15, 0.2) is 46.0 Å². The first-order chi connectivity index (χ1) is 24.8. The maximum atomic E-state index is 13.7. The van der Waals surface area contributed by atoms with Crippen LogP contribution in [-0.2, 0) is 4.74 Å². The van der Waals surface area contributed by atoms with Gasteiger partial charge in [0.15, 0.2) is 0 Å². The van der Waals surface area contributed by atoms with E-state index in [-0.39, 0.29) is 58.4 Å². The lowest BCUT2D eigenvalue weighted by atomic mass is 9.94. The zero-order chi connectivity index (χ0) is 36.8. The van der Waals surface area contributed by atoms with Crippen LogP contribution in [-0.4, -0.2) is 109 Å². The largest absolute Gasteiger partial charge is 0.447 e. The fraction of sp³-hybridized carbons (Fsp3) is 0.605. The molecule has 0 saturated carbocycles. The molecule has 0 radical (unpaired) electrons. The van der Waals surface area contributed by atoms with Crippen LogP contribution < -0.4 is 16.7 Å². The van der Waals surface area contributed by atoms with Crippen molar-refractivity contribution in [2.24, 2.45) is 0 Å². The van der Waals surface area contributed by atoms with Gasteiger partial charge in [-0.1, -0.05) is 0 Å². The Morgan fingerprint density at radius 3 is 1.73 bits per heavy atom. The Labute approximate surface area is 302 Å². The lowest BCUT2D eigenvalue weighted by Gasteiger charge is -2.43. The van der Waals surface area contributed by atoms with Crippen molar-refractivity contribution in [3.8, 4) is 0 Å². The lowest BCUT2D eigenvalue weighted by Crippen LogP contribution is -2.52. The number of carbonyl (C=O) groups is 1. The number of imidazole rings is 2. The number of carbonyl (C=O) groups excluding carboxylic acids is 1. The molecule has 3 N–H and O–H groups in total. The molecular formula is C38H52F2N8O4. The highest BCUT2D eigenvalue weighted by molar-refractivity contribution is 5.76. The van der Waals surface area contributed by atoms with E-state index < -0.39 is 0 Å². The number of amides is 1. The molecule has 4 fully saturated rings. The highest BCUT2D eigenvalue weighted by Crippen LogP contribution is 2.35. The first-order valence-corrected chi connectivity index (χ1v) is 18.8. The minimum absolute atomic E-state index is 0.0429. The van der Waals surface area contributed by atoms with Gasteiger partial charge in [0.25, 0.3) is 0 Å². The molecule has 6 heterocycles. The van der Waals surface area contributed by atoms with Crippen LogP contribution in [0.25, 0.3) is 22.1 Å². The van der Waals surface area contributed by atoms with Crippen molar-refractivity contribution in [3.63, 3.8) is 0 Å². The van der Waals surface area contributed by atoms with E-state index in [1.807, 2.05) is 13.8 Å². The Morgan fingerprint density at radius 1 is 0.769 bits per heavy atom. The van der Waals surface area contributed by atoms with E-state index in [0.29, 0.717) is 35.2 Å². The van der Waals surface area contributed by atoms with Gasteiger partial charge in [-0.25, -0.2) is 23.2 Å². The predicted molar refractivity (Wildman–Crippen MR) is 197 cm³/mol. The number of rotatable bonds is 5. The molecule has 14 heteroatoms. The predicted octanol–water partition coefficient (Wildman–Crippen LogP) is 4.97. The molecule has 52 heavy (non-hydrogen) atoms. The minimum atomic E-state index is -0.338. The van der Waals surface area contributed by atoms with E-state index in [2.05, 4.69) is 38.9 Å². The quantitative estimate of drug-likeness (QED) is 0.266. The molecule has 2 unspecified atom stereocenters. The Morgan fingerprint density at radius 2 is 1.27 bits per heavy atom. The molecule has 0 spiro atoms. The van der Waals surface area contributed by atoms with Gasteiger partial charge in [0.05, 0.1) is 28.2 Å². The summed E-state index contributed by atoms with van der Waals surface area (Å²) in [5, 5.41) is 3.44. The van der Waals surface area contributed by atoms with Crippen LogP contribution in [0.3, 0.4) is 0 Å². The number of aromatic nitrogens is 4. The summed E-state index contributed by atoms with van der Waals surface area (Å²) in [6, 6.07) is 9.08. The lowest BCUT2D eigenvalue weighted by molar-refractivity contribution is 0.0562. The molecule has 2 aromatic heterocycles. The molecule has 1 amide bonds. The van der Waals surface area contributed by atoms with Crippen molar-refractivity contribution in [2.45, 2.75) is 95.5 Å². The van der Waals surface area contributed by atoms with Gasteiger partial charge in [-0.3, -0.25) is 18.9 Å². The molecule has 282 valence electrons. The fourth-order valence-corrected chi connectivity index (χ4v) is 8.95. The normalized spacial score (nSPS) is 25.3. The van der Waals surface area contributed by atoms with E-state index in [1.165, 1.54) is 30.7 Å². The zero-order valence-electron chi connectivity index (χ0n) is 30.7. The standard InChI is InChI=1S/C21H29FN4O3.C17H23FN4O/c1-14(2)29-20(28)24-11-8-21(3,13-24)25-9-6-16(7-10-25)26-18-12-15(22)4-5-17(18)23-19(26)27;1-17(6-7-19-11-17)21-8-4-13(5-9-21)22-15-10-12(18)2-3-14(15)20-16(22)23/h4-5,12,14,16H,6-11,13H2,1-3H3,(H,23,27);2-3,10,13,19H,4-9,11H2,1H3,(H,20,23). The number of aromatic amines is 2. The van der Waals surface area contributed by atoms with Crippen molar-refractivity contribution in [1.82, 2.24) is 39.1 Å². The van der Waals surface area contributed by atoms with Crippen molar-refractivity contribution in [3.05, 3.63) is 69.0 Å². The third kappa shape index (κ3) is 7.16. The number of piperidine rings is 2. The van der Waals surface area contributed by atoms with E-state index in [1.54, 1.807) is 26.2 Å². The van der Waals surface area contributed by atoms with Gasteiger partial charge in [-0.05, 0) is 109 Å². The number of nitrogens with one attached hydrogen (secondary N) is 3. The number of hydrogen-bond donors (Lipinski definition) is 3. The zero-order valence-corrected chi connectivity index (χ0v) is 30.7. The number of hydrogen-bond acceptors (Lipinski definition) is 7. The molecule has 4 aromatic rings. The molecule has 4 aliphatic heterocycles. The number of fused-ring (bicyclic) bond motifs is 2. The van der Waals surface area contributed by atoms with Crippen molar-refractivity contribution >= 4 is 28.2 Å². The third-order valence-electron chi connectivity index (χ3n) is 11.9. The molecule has 2 aromatic carbocycles. The molecule has 2 atom stereocenters. The van der Waals surface area contributed by atoms with Crippen LogP contribution in [0.1, 0.15) is 78.3 Å². The number of nitrogens with zero attached hydrogens (tertiary/aromatic N) is 5. The highest BCUT2D eigenvalue weighted by Gasteiger charge is 2.43. The van der Waals surface area contributed by atoms with Crippen molar-refractivity contribution in [1.29, 1.82) is 0 Å². The SMILES string of the molecule is CC(C)OC(=O)N1CCC(C)(N2CCC(n3c(=O)[nH]c4ccc(F)cc43)CC2)C1.CC1(N2CCC(n3c(=O)[nH]c4ccc(F)cc43)CC2)CCNC1. The number of ether oxygens (including phenoxy) is 1. The summed E-state index contributed by atoms with van der Waals surface area (Å²) in [6.45, 7) is 15.3. The van der Waals surface area contributed by atoms with Gasteiger partial charge < -0.3 is 24.9 Å². The Kier molecular flexibility index (Phi) is 10.1. The van der Waals surface area contributed by atoms with E-state index in [4.69, 9.17) is 4.74 Å². The first kappa shape index (κ1) is 36.4. The monoisotopic (exact) mass is 722 g/mol. The maximum absolute atomic E-state index is 13.7. The third-order valence-corrected chi connectivity index (χ3v) is 11.9. The smallest absolute Gasteiger partial charge is 0.410 e. The van der Waals surface area contributed by atoms with Crippen LogP contribution in [0, 0.1) is 11.6 Å². The molecule has 8 rings (SSSR count). The second-order valence-electron chi connectivity index (χ2n) is 15.9. The maximum Gasteiger partial charge on any atom is 0.410 e. The van der Waals surface area contributed by atoms with Crippen molar-refractivity contribution < 1.29 is 18.3 Å². The molecular weight excluding hydrogens is 670 g/mol. The summed E-state index contributed by atoms with van der Waals surface area (Å²) in [6.07, 6.45) is 5.21. The number of likely N-dealkylation sites (tertiary alicyclic amines) is 3. The van der Waals surface area contributed by atoms with Gasteiger partial charge in [-0.2, -0.15) is 0 Å². The average molecular weight is 723 g/mol. The molecule has 4 aliphatic rings. The van der Waals surface area contributed by atoms with E-state index in [9.17, 15) is 23.2 Å². The van der Waals surface area contributed by atoms with Gasteiger partial charge in [0, 0.05) is 69.0 Å². The van der Waals surface area contributed by atoms with Crippen LogP contribution in [0.5, 0.6) is 0 Å². The van der Waals surface area contributed by atoms with Gasteiger partial charge in [-0.15, -0.1) is 0 Å². The summed E-state index contributed by atoms with van der Waals surface area (Å²) in [5.74, 6) is -0.637. The summed E-state index contributed by atoms with van der Waals surface area (Å²) < 4.78 is 36.1. The average Bonchev–Trinajstić information content (AvgIpc) is 3.89. The topological polar surface area (TPSA) is 124 Å². The molecule has 0 bridgehead atoms. The van der Waals surface area contributed by atoms with Gasteiger partial charge in [0.1, 0.15) is 11.6 Å². The van der Waals surface area contributed by atoms with Crippen LogP contribution in [0.4, 0.5) is 13.6 Å². The number of H-pyrrole nitrogens is 2. The van der Waals surface area contributed by atoms with E-state index in [0.717, 1.165) is 71.4 Å². The highest BCUT2D eigenvalue weighted by atomic mass is 19.1. The van der Waals surface area contributed by atoms with Gasteiger partial charge in [0.2, 0.25) is 0 Å².